The van der Waals surface area contributed by atoms with Gasteiger partial charge in [-0.1, -0.05) is 71.9 Å². The Morgan fingerprint density at radius 1 is 0.975 bits per heavy atom. The van der Waals surface area contributed by atoms with Crippen molar-refractivity contribution >= 4 is 23.4 Å². The van der Waals surface area contributed by atoms with E-state index in [0.29, 0.717) is 23.7 Å². The minimum absolute atomic E-state index is 0.0841. The first-order chi connectivity index (χ1) is 19.4. The summed E-state index contributed by atoms with van der Waals surface area (Å²) in [7, 11) is 1.45. The number of piperidine rings is 1. The molecule has 1 fully saturated rings. The topological polar surface area (TPSA) is 93.9 Å². The number of rotatable bonds is 7. The van der Waals surface area contributed by atoms with Crippen molar-refractivity contribution in [3.63, 3.8) is 0 Å². The van der Waals surface area contributed by atoms with Crippen LogP contribution >= 0.6 is 0 Å². The number of aryl methyl sites for hydroxylation is 1. The molecule has 0 aliphatic carbocycles. The average molecular weight is 540 g/mol. The van der Waals surface area contributed by atoms with Crippen LogP contribution in [0.4, 0.5) is 16.2 Å². The second-order valence-electron chi connectivity index (χ2n) is 9.99. The largest absolute Gasteiger partial charge is 0.469 e. The monoisotopic (exact) mass is 539 g/mol. The molecule has 4 aromatic rings. The fraction of sp³-hybridized carbons (Fsp3) is 0.281. The zero-order valence-corrected chi connectivity index (χ0v) is 22.9. The van der Waals surface area contributed by atoms with Crippen LogP contribution in [-0.4, -0.2) is 37.4 Å². The second-order valence-corrected chi connectivity index (χ2v) is 9.99. The summed E-state index contributed by atoms with van der Waals surface area (Å²) < 4.78 is 16.1. The number of esters is 1. The molecule has 3 aromatic carbocycles. The third kappa shape index (κ3) is 6.01. The van der Waals surface area contributed by atoms with Gasteiger partial charge < -0.3 is 18.9 Å². The van der Waals surface area contributed by atoms with Crippen molar-refractivity contribution in [2.24, 2.45) is 5.92 Å². The normalized spacial score (nSPS) is 15.8. The number of hydrogen-bond acceptors (Lipinski definition) is 7. The molecule has 206 valence electrons. The van der Waals surface area contributed by atoms with Crippen LogP contribution < -0.4 is 10.2 Å². The zero-order valence-electron chi connectivity index (χ0n) is 22.9. The van der Waals surface area contributed by atoms with E-state index in [2.05, 4.69) is 39.6 Å². The van der Waals surface area contributed by atoms with E-state index in [0.717, 1.165) is 47.3 Å². The highest BCUT2D eigenvalue weighted by Gasteiger charge is 2.26. The maximum absolute atomic E-state index is 12.6. The maximum Gasteiger partial charge on any atom is 0.412 e. The van der Waals surface area contributed by atoms with Crippen LogP contribution in [0.15, 0.2) is 83.4 Å². The van der Waals surface area contributed by atoms with Gasteiger partial charge in [-0.15, -0.1) is 0 Å². The van der Waals surface area contributed by atoms with E-state index >= 15 is 0 Å². The molecule has 8 heteroatoms. The number of anilines is 2. The van der Waals surface area contributed by atoms with Crippen molar-refractivity contribution < 1.29 is 23.6 Å². The number of methoxy groups -OCH3 is 1. The predicted octanol–water partition coefficient (Wildman–Crippen LogP) is 7.02. The molecule has 1 N–H and O–H groups in total. The highest BCUT2D eigenvalue weighted by Crippen LogP contribution is 2.33. The number of aromatic nitrogens is 1. The Labute approximate surface area is 233 Å². The molecule has 1 aromatic heterocycles. The van der Waals surface area contributed by atoms with Crippen LogP contribution in [-0.2, 0) is 14.3 Å². The predicted molar refractivity (Wildman–Crippen MR) is 154 cm³/mol. The lowest BCUT2D eigenvalue weighted by Gasteiger charge is -2.33. The first-order valence-corrected chi connectivity index (χ1v) is 13.5. The molecule has 1 aliphatic rings. The van der Waals surface area contributed by atoms with Crippen LogP contribution in [0, 0.1) is 12.8 Å². The van der Waals surface area contributed by atoms with Crippen molar-refractivity contribution in [2.45, 2.75) is 32.8 Å². The maximum atomic E-state index is 12.6. The van der Waals surface area contributed by atoms with Crippen molar-refractivity contribution in [1.82, 2.24) is 5.16 Å². The molecule has 0 radical (unpaired) electrons. The Balaban J connectivity index is 1.26. The lowest BCUT2D eigenvalue weighted by Crippen LogP contribution is -2.39. The van der Waals surface area contributed by atoms with Crippen LogP contribution in [0.2, 0.25) is 0 Å². The lowest BCUT2D eigenvalue weighted by atomic mass is 9.97. The number of nitrogens with one attached hydrogen (secondary N) is 1. The van der Waals surface area contributed by atoms with Gasteiger partial charge in [0, 0.05) is 24.3 Å². The van der Waals surface area contributed by atoms with E-state index in [-0.39, 0.29) is 11.9 Å². The van der Waals surface area contributed by atoms with Gasteiger partial charge in [0.05, 0.1) is 13.0 Å². The zero-order chi connectivity index (χ0) is 28.1. The molecule has 5 rings (SSSR count). The fourth-order valence-corrected chi connectivity index (χ4v) is 5.05. The van der Waals surface area contributed by atoms with Gasteiger partial charge in [0.15, 0.2) is 5.76 Å². The molecule has 40 heavy (non-hydrogen) atoms. The van der Waals surface area contributed by atoms with Crippen LogP contribution in [0.1, 0.15) is 37.1 Å². The fourth-order valence-electron chi connectivity index (χ4n) is 5.05. The van der Waals surface area contributed by atoms with Crippen LogP contribution in [0.5, 0.6) is 0 Å². The summed E-state index contributed by atoms with van der Waals surface area (Å²) in [4.78, 5) is 26.9. The van der Waals surface area contributed by atoms with Gasteiger partial charge in [0.1, 0.15) is 17.5 Å². The Bertz CT molecular complexity index is 1450. The van der Waals surface area contributed by atoms with Crippen LogP contribution in [0.3, 0.4) is 0 Å². The van der Waals surface area contributed by atoms with Crippen molar-refractivity contribution in [3.05, 3.63) is 90.1 Å². The summed E-state index contributed by atoms with van der Waals surface area (Å²) in [5.41, 5.74) is 5.95. The van der Waals surface area contributed by atoms with Gasteiger partial charge in [-0.3, -0.25) is 10.1 Å². The average Bonchev–Trinajstić information content (AvgIpc) is 3.36. The Kier molecular flexibility index (Phi) is 8.15. The standard InChI is InChI=1S/C32H33N3O5/c1-21-29(33-32(37)39-22(2)23-8-5-4-6-9-23)30(40-34-21)26-13-11-24(12-14-26)25-15-17-28(18-16-25)35-19-7-10-27(20-35)31(36)38-3/h4-6,8-9,11-18,22,27H,7,10,19-20H2,1-3H3,(H,33,37)/t22-,27?/m1/s1. The van der Waals surface area contributed by atoms with E-state index in [1.807, 2.05) is 61.5 Å². The molecule has 2 atom stereocenters. The minimum Gasteiger partial charge on any atom is -0.469 e. The molecular formula is C32H33N3O5. The van der Waals surface area contributed by atoms with E-state index in [4.69, 9.17) is 14.0 Å². The summed E-state index contributed by atoms with van der Waals surface area (Å²) in [5, 5.41) is 6.87. The molecule has 0 saturated carbocycles. The van der Waals surface area contributed by atoms with Gasteiger partial charge >= 0.3 is 12.1 Å². The van der Waals surface area contributed by atoms with Gasteiger partial charge in [-0.2, -0.15) is 0 Å². The van der Waals surface area contributed by atoms with Crippen molar-refractivity contribution in [2.75, 3.05) is 30.4 Å². The van der Waals surface area contributed by atoms with E-state index in [1.165, 1.54) is 7.11 Å². The number of benzene rings is 3. The number of nitrogens with zero attached hydrogens (tertiary/aromatic N) is 2. The summed E-state index contributed by atoms with van der Waals surface area (Å²) in [6, 6.07) is 25.8. The van der Waals surface area contributed by atoms with Gasteiger partial charge in [0.25, 0.3) is 0 Å². The molecule has 8 nitrogen and oxygen atoms in total. The number of carbonyl (C=O) groups excluding carboxylic acids is 2. The summed E-state index contributed by atoms with van der Waals surface area (Å²) >= 11 is 0. The molecular weight excluding hydrogens is 506 g/mol. The van der Waals surface area contributed by atoms with E-state index in [9.17, 15) is 9.59 Å². The third-order valence-electron chi connectivity index (χ3n) is 7.31. The van der Waals surface area contributed by atoms with E-state index < -0.39 is 12.2 Å². The summed E-state index contributed by atoms with van der Waals surface area (Å²) in [5.74, 6) is 0.244. The van der Waals surface area contributed by atoms with Crippen molar-refractivity contribution in [3.8, 4) is 22.5 Å². The molecule has 1 amide bonds. The Hall–Kier alpha value is -4.59. The number of carbonyl (C=O) groups is 2. The molecule has 0 bridgehead atoms. The molecule has 1 saturated heterocycles. The van der Waals surface area contributed by atoms with E-state index in [1.54, 1.807) is 6.92 Å². The number of hydrogen-bond donors (Lipinski definition) is 1. The molecule has 1 unspecified atom stereocenters. The third-order valence-corrected chi connectivity index (χ3v) is 7.31. The first-order valence-electron chi connectivity index (χ1n) is 13.5. The molecule has 1 aliphatic heterocycles. The van der Waals surface area contributed by atoms with Crippen LogP contribution in [0.25, 0.3) is 22.5 Å². The summed E-state index contributed by atoms with van der Waals surface area (Å²) in [6.07, 6.45) is 0.848. The first kappa shape index (κ1) is 27.0. The smallest absolute Gasteiger partial charge is 0.412 e. The Morgan fingerprint density at radius 2 is 1.62 bits per heavy atom. The summed E-state index contributed by atoms with van der Waals surface area (Å²) in [6.45, 7) is 5.20. The number of amides is 1. The van der Waals surface area contributed by atoms with Gasteiger partial charge in [-0.05, 0) is 55.5 Å². The minimum atomic E-state index is -0.577. The van der Waals surface area contributed by atoms with Crippen molar-refractivity contribution in [1.29, 1.82) is 0 Å². The highest BCUT2D eigenvalue weighted by atomic mass is 16.6. The lowest BCUT2D eigenvalue weighted by molar-refractivity contribution is -0.145. The highest BCUT2D eigenvalue weighted by molar-refractivity contribution is 5.91. The number of ether oxygens (including phenoxy) is 2. The Morgan fingerprint density at radius 3 is 2.30 bits per heavy atom. The molecule has 0 spiro atoms. The van der Waals surface area contributed by atoms with Gasteiger partial charge in [0.2, 0.25) is 0 Å². The SMILES string of the molecule is COC(=O)C1CCCN(c2ccc(-c3ccc(-c4onc(C)c4NC(=O)O[C@H](C)c4ccccc4)cc3)cc2)C1. The molecule has 2 heterocycles. The van der Waals surface area contributed by atoms with Gasteiger partial charge in [-0.25, -0.2) is 4.79 Å². The quantitative estimate of drug-likeness (QED) is 0.252. The second kappa shape index (κ2) is 12.1.